The zero-order chi connectivity index (χ0) is 19.6. The summed E-state index contributed by atoms with van der Waals surface area (Å²) in [5, 5.41) is 6.07. The highest BCUT2D eigenvalue weighted by Gasteiger charge is 2.20. The Kier molecular flexibility index (Phi) is 8.51. The van der Waals surface area contributed by atoms with E-state index in [4.69, 9.17) is 12.2 Å². The fraction of sp³-hybridized carbons (Fsp3) is 0.550. The van der Waals surface area contributed by atoms with E-state index >= 15 is 0 Å². The predicted molar refractivity (Wildman–Crippen MR) is 114 cm³/mol. The molecule has 0 unspecified atom stereocenters. The van der Waals surface area contributed by atoms with E-state index in [1.54, 1.807) is 0 Å². The predicted octanol–water partition coefficient (Wildman–Crippen LogP) is 3.14. The van der Waals surface area contributed by atoms with Crippen LogP contribution >= 0.6 is 12.2 Å². The number of carbonyl (C=O) groups excluding carboxylic acids is 2. The third kappa shape index (κ3) is 6.82. The molecule has 0 radical (unpaired) electrons. The lowest BCUT2D eigenvalue weighted by molar-refractivity contribution is -0.131. The van der Waals surface area contributed by atoms with Gasteiger partial charge >= 0.3 is 0 Å². The Labute approximate surface area is 167 Å². The van der Waals surface area contributed by atoms with E-state index in [1.165, 1.54) is 0 Å². The average Bonchev–Trinajstić information content (AvgIpc) is 2.67. The van der Waals surface area contributed by atoms with Crippen molar-refractivity contribution < 1.29 is 9.59 Å². The molecule has 0 aliphatic carbocycles. The Morgan fingerprint density at radius 3 is 2.26 bits per heavy atom. The normalized spacial score (nSPS) is 14.0. The highest BCUT2D eigenvalue weighted by molar-refractivity contribution is 7.80. The summed E-state index contributed by atoms with van der Waals surface area (Å²) in [6.45, 7) is 7.31. The molecule has 0 atom stereocenters. The van der Waals surface area contributed by atoms with Crippen molar-refractivity contribution >= 4 is 40.5 Å². The van der Waals surface area contributed by atoms with Gasteiger partial charge in [0.2, 0.25) is 11.8 Å². The molecule has 1 heterocycles. The number of piperazine rings is 1. The average molecular weight is 391 g/mol. The van der Waals surface area contributed by atoms with E-state index in [0.29, 0.717) is 18.0 Å². The molecule has 1 aliphatic heterocycles. The summed E-state index contributed by atoms with van der Waals surface area (Å²) in [5.41, 5.74) is 1.97. The van der Waals surface area contributed by atoms with Crippen molar-refractivity contribution in [1.82, 2.24) is 10.2 Å². The maximum absolute atomic E-state index is 12.0. The molecule has 1 saturated heterocycles. The van der Waals surface area contributed by atoms with Crippen LogP contribution in [-0.2, 0) is 9.59 Å². The van der Waals surface area contributed by atoms with E-state index in [9.17, 15) is 9.59 Å². The molecule has 7 heteroatoms. The van der Waals surface area contributed by atoms with Crippen molar-refractivity contribution in [3.63, 3.8) is 0 Å². The van der Waals surface area contributed by atoms with Gasteiger partial charge in [0.05, 0.1) is 0 Å². The van der Waals surface area contributed by atoms with Crippen LogP contribution in [0.15, 0.2) is 24.3 Å². The molecule has 2 amide bonds. The largest absolute Gasteiger partial charge is 0.368 e. The molecule has 1 aromatic carbocycles. The van der Waals surface area contributed by atoms with Crippen molar-refractivity contribution in [2.45, 2.75) is 46.0 Å². The first-order valence-corrected chi connectivity index (χ1v) is 10.2. The summed E-state index contributed by atoms with van der Waals surface area (Å²) in [4.78, 5) is 27.9. The molecule has 0 aromatic heterocycles. The summed E-state index contributed by atoms with van der Waals surface area (Å²) in [6, 6.07) is 7.98. The van der Waals surface area contributed by atoms with Crippen LogP contribution in [0.4, 0.5) is 11.4 Å². The Morgan fingerprint density at radius 1 is 1.00 bits per heavy atom. The molecule has 0 spiro atoms. The topological polar surface area (TPSA) is 64.7 Å². The van der Waals surface area contributed by atoms with Crippen LogP contribution in [0.25, 0.3) is 0 Å². The second kappa shape index (κ2) is 10.9. The van der Waals surface area contributed by atoms with Crippen molar-refractivity contribution in [1.29, 1.82) is 0 Å². The van der Waals surface area contributed by atoms with Gasteiger partial charge in [-0.25, -0.2) is 0 Å². The third-order valence-corrected chi connectivity index (χ3v) is 4.80. The zero-order valence-corrected chi connectivity index (χ0v) is 17.1. The Hall–Kier alpha value is -2.15. The van der Waals surface area contributed by atoms with Gasteiger partial charge in [0.25, 0.3) is 0 Å². The number of hydrogen-bond donors (Lipinski definition) is 2. The lowest BCUT2D eigenvalue weighted by atomic mass is 10.2. The van der Waals surface area contributed by atoms with E-state index < -0.39 is 0 Å². The number of nitrogens with zero attached hydrogens (tertiary/aromatic N) is 2. The summed E-state index contributed by atoms with van der Waals surface area (Å²) in [6.07, 6.45) is 3.87. The number of hydrogen-bond acceptors (Lipinski definition) is 4. The van der Waals surface area contributed by atoms with E-state index in [-0.39, 0.29) is 11.8 Å². The molecule has 6 nitrogen and oxygen atoms in total. The molecule has 2 rings (SSSR count). The van der Waals surface area contributed by atoms with Gasteiger partial charge in [-0.05, 0) is 49.3 Å². The van der Waals surface area contributed by atoms with Crippen LogP contribution in [0.5, 0.6) is 0 Å². The third-order valence-electron chi connectivity index (χ3n) is 4.60. The minimum absolute atomic E-state index is 0.0542. The standard InChI is InChI=1S/C20H30N4O2S/c1-3-5-7-18(25)22-20(27)21-16-8-10-17(11-9-16)23-12-14-24(15-13-23)19(26)6-4-2/h8-11H,3-7,12-15H2,1-2H3,(H2,21,22,25,27). The van der Waals surface area contributed by atoms with Gasteiger partial charge in [0.15, 0.2) is 5.11 Å². The number of benzene rings is 1. The first kappa shape index (κ1) is 21.2. The van der Waals surface area contributed by atoms with E-state index in [0.717, 1.165) is 56.8 Å². The smallest absolute Gasteiger partial charge is 0.226 e. The second-order valence-electron chi connectivity index (χ2n) is 6.77. The molecule has 148 valence electrons. The van der Waals surface area contributed by atoms with Crippen molar-refractivity contribution in [3.05, 3.63) is 24.3 Å². The first-order valence-electron chi connectivity index (χ1n) is 9.77. The SMILES string of the molecule is CCCCC(=O)NC(=S)Nc1ccc(N2CCN(C(=O)CCC)CC2)cc1. The number of nitrogens with one attached hydrogen (secondary N) is 2. The molecule has 1 fully saturated rings. The highest BCUT2D eigenvalue weighted by Crippen LogP contribution is 2.20. The fourth-order valence-electron chi connectivity index (χ4n) is 3.03. The molecule has 0 bridgehead atoms. The van der Waals surface area contributed by atoms with Gasteiger partial charge in [0.1, 0.15) is 0 Å². The molecular formula is C20H30N4O2S. The quantitative estimate of drug-likeness (QED) is 0.700. The Morgan fingerprint density at radius 2 is 1.67 bits per heavy atom. The van der Waals surface area contributed by atoms with Crippen molar-refractivity contribution in [2.75, 3.05) is 36.4 Å². The van der Waals surface area contributed by atoms with Gasteiger partial charge in [-0.2, -0.15) is 0 Å². The van der Waals surface area contributed by atoms with E-state index in [2.05, 4.69) is 15.5 Å². The zero-order valence-electron chi connectivity index (χ0n) is 16.3. The summed E-state index contributed by atoms with van der Waals surface area (Å²) in [7, 11) is 0. The summed E-state index contributed by atoms with van der Waals surface area (Å²) >= 11 is 5.19. The van der Waals surface area contributed by atoms with E-state index in [1.807, 2.05) is 43.0 Å². The first-order chi connectivity index (χ1) is 13.0. The lowest BCUT2D eigenvalue weighted by Crippen LogP contribution is -2.48. The lowest BCUT2D eigenvalue weighted by Gasteiger charge is -2.36. The minimum atomic E-state index is -0.0542. The van der Waals surface area contributed by atoms with Crippen LogP contribution in [0, 0.1) is 0 Å². The molecule has 27 heavy (non-hydrogen) atoms. The van der Waals surface area contributed by atoms with Crippen LogP contribution in [-0.4, -0.2) is 48.0 Å². The maximum atomic E-state index is 12.0. The number of unbranched alkanes of at least 4 members (excludes halogenated alkanes) is 1. The van der Waals surface area contributed by atoms with Gasteiger partial charge in [-0.1, -0.05) is 20.3 Å². The van der Waals surface area contributed by atoms with Gasteiger partial charge in [0, 0.05) is 50.4 Å². The highest BCUT2D eigenvalue weighted by atomic mass is 32.1. The summed E-state index contributed by atoms with van der Waals surface area (Å²) < 4.78 is 0. The van der Waals surface area contributed by atoms with Gasteiger partial charge in [-0.15, -0.1) is 0 Å². The molecule has 1 aromatic rings. The van der Waals surface area contributed by atoms with Crippen LogP contribution in [0.1, 0.15) is 46.0 Å². The Balaban J connectivity index is 1.81. The molecule has 2 N–H and O–H groups in total. The fourth-order valence-corrected chi connectivity index (χ4v) is 3.26. The molecule has 0 saturated carbocycles. The maximum Gasteiger partial charge on any atom is 0.226 e. The van der Waals surface area contributed by atoms with Crippen LogP contribution in [0.2, 0.25) is 0 Å². The van der Waals surface area contributed by atoms with Crippen LogP contribution < -0.4 is 15.5 Å². The number of thiocarbonyl (C=S) groups is 1. The monoisotopic (exact) mass is 390 g/mol. The van der Waals surface area contributed by atoms with Crippen molar-refractivity contribution in [2.24, 2.45) is 0 Å². The van der Waals surface area contributed by atoms with Gasteiger partial charge < -0.3 is 20.4 Å². The Bertz CT molecular complexity index is 640. The van der Waals surface area contributed by atoms with Crippen molar-refractivity contribution in [3.8, 4) is 0 Å². The molecule has 1 aliphatic rings. The second-order valence-corrected chi connectivity index (χ2v) is 7.18. The van der Waals surface area contributed by atoms with Gasteiger partial charge in [-0.3, -0.25) is 9.59 Å². The minimum Gasteiger partial charge on any atom is -0.368 e. The number of carbonyl (C=O) groups is 2. The number of rotatable bonds is 7. The number of amides is 2. The molecular weight excluding hydrogens is 360 g/mol. The van der Waals surface area contributed by atoms with Crippen LogP contribution in [0.3, 0.4) is 0 Å². The summed E-state index contributed by atoms with van der Waals surface area (Å²) in [5.74, 6) is 0.202. The number of anilines is 2.